The molecule has 11 heteroatoms. The van der Waals surface area contributed by atoms with Crippen LogP contribution in [0.15, 0.2) is 105 Å². The second-order valence-corrected chi connectivity index (χ2v) is 11.1. The molecule has 46 heavy (non-hydrogen) atoms. The summed E-state index contributed by atoms with van der Waals surface area (Å²) in [6.45, 7) is 1.85. The minimum absolute atomic E-state index is 0.126. The van der Waals surface area contributed by atoms with Crippen molar-refractivity contribution in [2.24, 2.45) is 4.99 Å². The lowest BCUT2D eigenvalue weighted by Crippen LogP contribution is -2.40. The molecule has 1 N–H and O–H groups in total. The maximum atomic E-state index is 14.2. The Morgan fingerprint density at radius 2 is 1.74 bits per heavy atom. The van der Waals surface area contributed by atoms with Crippen LogP contribution in [-0.2, 0) is 9.53 Å². The number of nitrogens with zero attached hydrogens (tertiary/aromatic N) is 2. The van der Waals surface area contributed by atoms with Gasteiger partial charge >= 0.3 is 11.9 Å². The lowest BCUT2D eigenvalue weighted by Gasteiger charge is -2.27. The second kappa shape index (κ2) is 12.7. The second-order valence-electron chi connectivity index (χ2n) is 10.1. The number of hydrogen-bond donors (Lipinski definition) is 1. The number of hydrogen-bond acceptors (Lipinski definition) is 9. The summed E-state index contributed by atoms with van der Waals surface area (Å²) in [7, 11) is 3.05. The Morgan fingerprint density at radius 3 is 2.41 bits per heavy atom. The van der Waals surface area contributed by atoms with Crippen LogP contribution in [0.1, 0.15) is 40.2 Å². The number of fused-ring (bicyclic) bond motifs is 1. The number of ether oxygens (including phenoxy) is 3. The number of carboxylic acid groups (broad SMARTS) is 1. The van der Waals surface area contributed by atoms with E-state index < -0.39 is 18.0 Å². The van der Waals surface area contributed by atoms with Gasteiger partial charge in [-0.3, -0.25) is 9.36 Å². The van der Waals surface area contributed by atoms with Crippen molar-refractivity contribution in [2.75, 3.05) is 20.8 Å². The standard InChI is InChI=1S/C35H28N2O8S/c1-4-44-34(41)29-30(21-8-6-5-7-9-21)36-35-37(31(29)25-16-14-23(42-2)18-27(25)43-3)32(38)28(46-35)19-24-15-17-26(45-24)20-10-12-22(13-11-20)33(39)40/h5-19,31H,4H2,1-3H3,(H,39,40). The van der Waals surface area contributed by atoms with Gasteiger partial charge < -0.3 is 23.7 Å². The number of furan rings is 1. The van der Waals surface area contributed by atoms with Crippen molar-refractivity contribution in [1.29, 1.82) is 0 Å². The van der Waals surface area contributed by atoms with E-state index in [1.165, 1.54) is 23.8 Å². The fraction of sp³-hybridized carbons (Fsp3) is 0.143. The van der Waals surface area contributed by atoms with Crippen molar-refractivity contribution in [3.8, 4) is 22.8 Å². The molecule has 0 amide bonds. The minimum atomic E-state index is -1.02. The molecule has 1 atom stereocenters. The molecule has 1 aliphatic rings. The smallest absolute Gasteiger partial charge is 0.338 e. The van der Waals surface area contributed by atoms with E-state index in [0.717, 1.165) is 11.3 Å². The quantitative estimate of drug-likeness (QED) is 0.226. The highest BCUT2D eigenvalue weighted by Crippen LogP contribution is 2.40. The molecule has 10 nitrogen and oxygen atoms in total. The van der Waals surface area contributed by atoms with Gasteiger partial charge in [0.2, 0.25) is 0 Å². The number of benzene rings is 3. The summed E-state index contributed by atoms with van der Waals surface area (Å²) in [6.07, 6.45) is 1.62. The molecule has 1 unspecified atom stereocenters. The van der Waals surface area contributed by atoms with Crippen molar-refractivity contribution in [1.82, 2.24) is 4.57 Å². The van der Waals surface area contributed by atoms with Gasteiger partial charge in [-0.05, 0) is 43.3 Å². The minimum Gasteiger partial charge on any atom is -0.497 e. The van der Waals surface area contributed by atoms with Crippen LogP contribution in [-0.4, -0.2) is 42.4 Å². The molecular weight excluding hydrogens is 608 g/mol. The summed E-state index contributed by atoms with van der Waals surface area (Å²) >= 11 is 1.16. The third-order valence-electron chi connectivity index (χ3n) is 7.43. The van der Waals surface area contributed by atoms with E-state index in [4.69, 9.17) is 23.6 Å². The van der Waals surface area contributed by atoms with Crippen LogP contribution in [0.3, 0.4) is 0 Å². The summed E-state index contributed by atoms with van der Waals surface area (Å²) < 4.78 is 24.5. The van der Waals surface area contributed by atoms with Gasteiger partial charge in [0.1, 0.15) is 29.1 Å². The van der Waals surface area contributed by atoms with E-state index in [1.807, 2.05) is 30.3 Å². The molecule has 232 valence electrons. The van der Waals surface area contributed by atoms with Gasteiger partial charge in [-0.15, -0.1) is 0 Å². The predicted octanol–water partition coefficient (Wildman–Crippen LogP) is 4.91. The van der Waals surface area contributed by atoms with E-state index in [2.05, 4.69) is 0 Å². The molecule has 0 radical (unpaired) electrons. The summed E-state index contributed by atoms with van der Waals surface area (Å²) in [5, 5.41) is 9.20. The van der Waals surface area contributed by atoms with Crippen LogP contribution in [0.2, 0.25) is 0 Å². The fourth-order valence-electron chi connectivity index (χ4n) is 5.27. The van der Waals surface area contributed by atoms with Gasteiger partial charge in [0.05, 0.1) is 42.2 Å². The maximum Gasteiger partial charge on any atom is 0.338 e. The molecule has 3 heterocycles. The van der Waals surface area contributed by atoms with Gasteiger partial charge in [-0.25, -0.2) is 14.6 Å². The van der Waals surface area contributed by atoms with Gasteiger partial charge in [0.15, 0.2) is 4.80 Å². The third kappa shape index (κ3) is 5.64. The highest BCUT2D eigenvalue weighted by atomic mass is 32.1. The van der Waals surface area contributed by atoms with Crippen LogP contribution in [0.25, 0.3) is 23.1 Å². The molecule has 0 spiro atoms. The normalized spacial score (nSPS) is 14.4. The summed E-state index contributed by atoms with van der Waals surface area (Å²) in [5.41, 5.74) is 2.28. The first-order valence-electron chi connectivity index (χ1n) is 14.3. The molecule has 2 aromatic heterocycles. The van der Waals surface area contributed by atoms with E-state index in [1.54, 1.807) is 62.6 Å². The molecule has 0 saturated carbocycles. The Kier molecular flexibility index (Phi) is 8.41. The number of carbonyl (C=O) groups excluding carboxylic acids is 1. The van der Waals surface area contributed by atoms with Crippen LogP contribution in [0, 0.1) is 0 Å². The zero-order valence-electron chi connectivity index (χ0n) is 25.1. The number of rotatable bonds is 9. The number of carboxylic acids is 1. The van der Waals surface area contributed by atoms with Crippen LogP contribution >= 0.6 is 11.3 Å². The van der Waals surface area contributed by atoms with Gasteiger partial charge in [0, 0.05) is 28.8 Å². The van der Waals surface area contributed by atoms with Crippen molar-refractivity contribution >= 4 is 35.0 Å². The lowest BCUT2D eigenvalue weighted by atomic mass is 9.92. The lowest BCUT2D eigenvalue weighted by molar-refractivity contribution is -0.138. The van der Waals surface area contributed by atoms with Crippen molar-refractivity contribution < 1.29 is 33.3 Å². The summed E-state index contributed by atoms with van der Waals surface area (Å²) in [5.74, 6) is 0.256. The van der Waals surface area contributed by atoms with E-state index in [9.17, 15) is 19.5 Å². The van der Waals surface area contributed by atoms with Crippen molar-refractivity contribution in [3.63, 3.8) is 0 Å². The zero-order chi connectivity index (χ0) is 32.4. The topological polar surface area (TPSA) is 130 Å². The molecule has 5 aromatic rings. The molecule has 0 bridgehead atoms. The van der Waals surface area contributed by atoms with Crippen LogP contribution in [0.4, 0.5) is 0 Å². The number of esters is 1. The monoisotopic (exact) mass is 636 g/mol. The first kappa shape index (κ1) is 30.4. The Hall–Kier alpha value is -5.68. The molecule has 0 fully saturated rings. The highest BCUT2D eigenvalue weighted by Gasteiger charge is 2.37. The van der Waals surface area contributed by atoms with Crippen molar-refractivity contribution in [3.05, 3.63) is 133 Å². The molecule has 0 aliphatic carbocycles. The van der Waals surface area contributed by atoms with Gasteiger partial charge in [0.25, 0.3) is 5.56 Å². The molecule has 1 aliphatic heterocycles. The van der Waals surface area contributed by atoms with E-state index in [0.29, 0.717) is 54.7 Å². The van der Waals surface area contributed by atoms with Crippen molar-refractivity contribution in [2.45, 2.75) is 13.0 Å². The van der Waals surface area contributed by atoms with Crippen LogP contribution < -0.4 is 24.4 Å². The average molecular weight is 637 g/mol. The van der Waals surface area contributed by atoms with Gasteiger partial charge in [-0.2, -0.15) is 0 Å². The molecular formula is C35H28N2O8S. The fourth-order valence-corrected chi connectivity index (χ4v) is 6.25. The summed E-state index contributed by atoms with van der Waals surface area (Å²) in [4.78, 5) is 44.4. The SMILES string of the molecule is CCOC(=O)C1=C(c2ccccc2)N=c2sc(=Cc3ccc(-c4ccc(C(=O)O)cc4)o3)c(=O)n2C1c1ccc(OC)cc1OC. The number of methoxy groups -OCH3 is 2. The number of thiazole rings is 1. The molecule has 0 saturated heterocycles. The summed E-state index contributed by atoms with van der Waals surface area (Å²) in [6, 6.07) is 23.3. The highest BCUT2D eigenvalue weighted by molar-refractivity contribution is 7.07. The Bertz CT molecular complexity index is 2160. The average Bonchev–Trinajstić information content (AvgIpc) is 3.68. The predicted molar refractivity (Wildman–Crippen MR) is 172 cm³/mol. The van der Waals surface area contributed by atoms with Gasteiger partial charge in [-0.1, -0.05) is 53.8 Å². The van der Waals surface area contributed by atoms with E-state index >= 15 is 0 Å². The maximum absolute atomic E-state index is 14.2. The first-order valence-corrected chi connectivity index (χ1v) is 15.1. The number of aromatic carboxylic acids is 1. The van der Waals surface area contributed by atoms with Crippen LogP contribution in [0.5, 0.6) is 11.5 Å². The zero-order valence-corrected chi connectivity index (χ0v) is 25.9. The first-order chi connectivity index (χ1) is 22.3. The number of carbonyl (C=O) groups is 2. The largest absolute Gasteiger partial charge is 0.497 e. The Labute approximate surface area is 266 Å². The third-order valence-corrected chi connectivity index (χ3v) is 8.41. The molecule has 6 rings (SSSR count). The Balaban J connectivity index is 1.56. The van der Waals surface area contributed by atoms with E-state index in [-0.39, 0.29) is 23.3 Å². The molecule has 3 aromatic carbocycles. The number of aromatic nitrogens is 1. The Morgan fingerprint density at radius 1 is 0.978 bits per heavy atom.